The van der Waals surface area contributed by atoms with Gasteiger partial charge in [-0.05, 0) is 32.3 Å². The number of hydrogen-bond acceptors (Lipinski definition) is 3. The summed E-state index contributed by atoms with van der Waals surface area (Å²) in [6.45, 7) is 1.48. The van der Waals surface area contributed by atoms with Crippen LogP contribution in [-0.4, -0.2) is 26.5 Å². The Labute approximate surface area is 122 Å². The highest BCUT2D eigenvalue weighted by Gasteiger charge is 2.25. The predicted octanol–water partition coefficient (Wildman–Crippen LogP) is 1.76. The van der Waals surface area contributed by atoms with Gasteiger partial charge >= 0.3 is 0 Å². The van der Waals surface area contributed by atoms with Crippen LogP contribution >= 0.6 is 0 Å². The van der Waals surface area contributed by atoms with E-state index >= 15 is 0 Å². The number of amides is 1. The first-order valence-electron chi connectivity index (χ1n) is 7.07. The Balaban J connectivity index is 1.77. The molecule has 2 aromatic rings. The number of H-pyrrole nitrogens is 1. The van der Waals surface area contributed by atoms with E-state index in [0.29, 0.717) is 11.3 Å². The van der Waals surface area contributed by atoms with Crippen LogP contribution in [0, 0.1) is 0 Å². The fraction of sp³-hybridized carbons (Fsp3) is 0.400. The third-order valence-corrected chi connectivity index (χ3v) is 4.02. The third kappa shape index (κ3) is 2.49. The molecule has 6 nitrogen and oxygen atoms in total. The minimum Gasteiger partial charge on any atom is -0.356 e. The zero-order chi connectivity index (χ0) is 15.0. The molecule has 21 heavy (non-hydrogen) atoms. The predicted molar refractivity (Wildman–Crippen MR) is 77.2 cm³/mol. The molecule has 0 aliphatic heterocycles. The molecule has 0 bridgehead atoms. The van der Waals surface area contributed by atoms with Crippen LogP contribution in [0.25, 0.3) is 0 Å². The lowest BCUT2D eigenvalue weighted by atomic mass is 9.93. The third-order valence-electron chi connectivity index (χ3n) is 4.02. The number of aryl methyl sites for hydroxylation is 1. The summed E-state index contributed by atoms with van der Waals surface area (Å²) in [6, 6.07) is 1.57. The van der Waals surface area contributed by atoms with Gasteiger partial charge in [-0.15, -0.1) is 0 Å². The monoisotopic (exact) mass is 286 g/mol. The molecule has 0 fully saturated rings. The molecule has 1 atom stereocenters. The molecular formula is C15H18N4O2. The van der Waals surface area contributed by atoms with Crippen LogP contribution in [0.4, 0.5) is 0 Å². The van der Waals surface area contributed by atoms with Crippen molar-refractivity contribution >= 4 is 11.7 Å². The maximum atomic E-state index is 12.3. The molecule has 3 rings (SSSR count). The molecule has 0 saturated carbocycles. The molecule has 0 radical (unpaired) electrons. The minimum atomic E-state index is -0.191. The molecular weight excluding hydrogens is 268 g/mol. The van der Waals surface area contributed by atoms with Gasteiger partial charge in [-0.1, -0.05) is 0 Å². The molecule has 110 valence electrons. The fourth-order valence-corrected chi connectivity index (χ4v) is 2.82. The molecule has 0 aromatic carbocycles. The van der Waals surface area contributed by atoms with Crippen molar-refractivity contribution in [3.05, 3.63) is 41.0 Å². The van der Waals surface area contributed by atoms with E-state index in [-0.39, 0.29) is 17.7 Å². The van der Waals surface area contributed by atoms with Crippen LogP contribution < -0.4 is 5.32 Å². The second-order valence-corrected chi connectivity index (χ2v) is 5.45. The number of carbonyl (C=O) groups excluding carboxylic acids is 2. The molecule has 2 aromatic heterocycles. The maximum absolute atomic E-state index is 12.3. The number of Topliss-reactive ketones (excluding diaryl/α,β-unsaturated/α-hetero) is 1. The van der Waals surface area contributed by atoms with Crippen molar-refractivity contribution in [2.75, 3.05) is 0 Å². The lowest BCUT2D eigenvalue weighted by Gasteiger charge is -2.23. The van der Waals surface area contributed by atoms with Gasteiger partial charge in [0.15, 0.2) is 5.78 Å². The van der Waals surface area contributed by atoms with Gasteiger partial charge in [0.05, 0.1) is 12.2 Å². The first-order chi connectivity index (χ1) is 10.1. The molecule has 2 N–H and O–H groups in total. The highest BCUT2D eigenvalue weighted by Crippen LogP contribution is 2.29. The Hall–Kier alpha value is -2.37. The molecule has 1 unspecified atom stereocenters. The van der Waals surface area contributed by atoms with E-state index in [9.17, 15) is 9.59 Å². The summed E-state index contributed by atoms with van der Waals surface area (Å²) >= 11 is 0. The average molecular weight is 286 g/mol. The summed E-state index contributed by atoms with van der Waals surface area (Å²) in [5.41, 5.74) is 3.21. The number of hydrogen-bond donors (Lipinski definition) is 2. The summed E-state index contributed by atoms with van der Waals surface area (Å²) in [7, 11) is 1.92. The molecule has 0 spiro atoms. The highest BCUT2D eigenvalue weighted by molar-refractivity contribution is 5.99. The second kappa shape index (κ2) is 5.20. The van der Waals surface area contributed by atoms with Gasteiger partial charge in [-0.2, -0.15) is 5.10 Å². The number of carbonyl (C=O) groups is 2. The maximum Gasteiger partial charge on any atom is 0.268 e. The minimum absolute atomic E-state index is 0.0148. The van der Waals surface area contributed by atoms with Crippen molar-refractivity contribution in [2.24, 2.45) is 7.05 Å². The fourth-order valence-electron chi connectivity index (χ4n) is 2.82. The van der Waals surface area contributed by atoms with Crippen molar-refractivity contribution < 1.29 is 9.59 Å². The SMILES string of the molecule is CC(=O)c1c[nH]c(C(=O)NC2CCCc3c2cnn3C)c1. The van der Waals surface area contributed by atoms with Crippen LogP contribution in [0.5, 0.6) is 0 Å². The standard InChI is InChI=1S/C15H18N4O2/c1-9(20)10-6-13(16-7-10)15(21)18-12-4-3-5-14-11(12)8-17-19(14)2/h6-8,12,16H,3-5H2,1-2H3,(H,18,21). The van der Waals surface area contributed by atoms with Crippen molar-refractivity contribution in [1.82, 2.24) is 20.1 Å². The Morgan fingerprint density at radius 2 is 2.29 bits per heavy atom. The number of rotatable bonds is 3. The zero-order valence-electron chi connectivity index (χ0n) is 12.1. The number of nitrogens with zero attached hydrogens (tertiary/aromatic N) is 2. The lowest BCUT2D eigenvalue weighted by molar-refractivity contribution is 0.0928. The smallest absolute Gasteiger partial charge is 0.268 e. The van der Waals surface area contributed by atoms with Gasteiger partial charge in [0.2, 0.25) is 0 Å². The number of ketones is 1. The summed E-state index contributed by atoms with van der Waals surface area (Å²) in [5.74, 6) is -0.248. The van der Waals surface area contributed by atoms with E-state index < -0.39 is 0 Å². The Bertz CT molecular complexity index is 698. The van der Waals surface area contributed by atoms with Crippen LogP contribution in [0.15, 0.2) is 18.5 Å². The highest BCUT2D eigenvalue weighted by atomic mass is 16.2. The van der Waals surface area contributed by atoms with E-state index in [1.165, 1.54) is 12.6 Å². The quantitative estimate of drug-likeness (QED) is 0.844. The number of fused-ring (bicyclic) bond motifs is 1. The van der Waals surface area contributed by atoms with Gasteiger partial charge < -0.3 is 10.3 Å². The molecule has 6 heteroatoms. The van der Waals surface area contributed by atoms with Crippen molar-refractivity contribution in [3.8, 4) is 0 Å². The first-order valence-corrected chi connectivity index (χ1v) is 7.07. The van der Waals surface area contributed by atoms with Crippen molar-refractivity contribution in [1.29, 1.82) is 0 Å². The summed E-state index contributed by atoms with van der Waals surface area (Å²) in [4.78, 5) is 26.4. The van der Waals surface area contributed by atoms with Gasteiger partial charge in [-0.25, -0.2) is 0 Å². The average Bonchev–Trinajstić information content (AvgIpc) is 3.07. The van der Waals surface area contributed by atoms with Crippen LogP contribution in [0.3, 0.4) is 0 Å². The van der Waals surface area contributed by atoms with Gasteiger partial charge in [0.25, 0.3) is 5.91 Å². The normalized spacial score (nSPS) is 17.3. The van der Waals surface area contributed by atoms with Crippen LogP contribution in [0.2, 0.25) is 0 Å². The van der Waals surface area contributed by atoms with Crippen molar-refractivity contribution in [2.45, 2.75) is 32.2 Å². The van der Waals surface area contributed by atoms with E-state index in [0.717, 1.165) is 24.8 Å². The number of aromatic amines is 1. The molecule has 1 aliphatic carbocycles. The summed E-state index contributed by atoms with van der Waals surface area (Å²) < 4.78 is 1.87. The van der Waals surface area contributed by atoms with Crippen molar-refractivity contribution in [3.63, 3.8) is 0 Å². The topological polar surface area (TPSA) is 79.8 Å². The largest absolute Gasteiger partial charge is 0.356 e. The number of aromatic nitrogens is 3. The van der Waals surface area contributed by atoms with Gasteiger partial charge in [0.1, 0.15) is 5.69 Å². The summed E-state index contributed by atoms with van der Waals surface area (Å²) in [6.07, 6.45) is 6.32. The summed E-state index contributed by atoms with van der Waals surface area (Å²) in [5, 5.41) is 7.29. The Kier molecular flexibility index (Phi) is 3.37. The van der Waals surface area contributed by atoms with E-state index in [4.69, 9.17) is 0 Å². The molecule has 1 amide bonds. The van der Waals surface area contributed by atoms with E-state index in [1.54, 1.807) is 12.3 Å². The first kappa shape index (κ1) is 13.6. The van der Waals surface area contributed by atoms with E-state index in [1.807, 2.05) is 17.9 Å². The van der Waals surface area contributed by atoms with Crippen LogP contribution in [0.1, 0.15) is 57.9 Å². The van der Waals surface area contributed by atoms with Gasteiger partial charge in [-0.3, -0.25) is 14.3 Å². The Morgan fingerprint density at radius 3 is 3.00 bits per heavy atom. The molecule has 0 saturated heterocycles. The second-order valence-electron chi connectivity index (χ2n) is 5.45. The lowest BCUT2D eigenvalue weighted by Crippen LogP contribution is -2.31. The van der Waals surface area contributed by atoms with E-state index in [2.05, 4.69) is 15.4 Å². The van der Waals surface area contributed by atoms with Crippen LogP contribution in [-0.2, 0) is 13.5 Å². The molecule has 1 aliphatic rings. The Morgan fingerprint density at radius 1 is 1.48 bits per heavy atom. The molecule has 2 heterocycles. The number of nitrogens with one attached hydrogen (secondary N) is 2. The zero-order valence-corrected chi connectivity index (χ0v) is 12.1. The van der Waals surface area contributed by atoms with Gasteiger partial charge in [0, 0.05) is 30.1 Å².